The zero-order chi connectivity index (χ0) is 24.7. The van der Waals surface area contributed by atoms with Crippen molar-refractivity contribution in [3.63, 3.8) is 0 Å². The zero-order valence-corrected chi connectivity index (χ0v) is 19.4. The number of morpholine rings is 1. The van der Waals surface area contributed by atoms with E-state index in [-0.39, 0.29) is 5.91 Å². The maximum Gasteiger partial charge on any atom is 0.257 e. The van der Waals surface area contributed by atoms with Gasteiger partial charge in [-0.15, -0.1) is 0 Å². The van der Waals surface area contributed by atoms with E-state index in [0.29, 0.717) is 28.5 Å². The van der Waals surface area contributed by atoms with Crippen LogP contribution in [-0.4, -0.2) is 47.2 Å². The van der Waals surface area contributed by atoms with Gasteiger partial charge in [0.2, 0.25) is 5.95 Å². The van der Waals surface area contributed by atoms with Crippen LogP contribution < -0.4 is 15.5 Å². The molecule has 2 N–H and O–H groups in total. The van der Waals surface area contributed by atoms with Gasteiger partial charge in [0.25, 0.3) is 5.91 Å². The minimum absolute atomic E-state index is 0.330. The number of aromatic nitrogens is 3. The first-order chi connectivity index (χ1) is 17.7. The van der Waals surface area contributed by atoms with Crippen molar-refractivity contribution in [1.82, 2.24) is 15.0 Å². The second-order valence-corrected chi connectivity index (χ2v) is 8.10. The van der Waals surface area contributed by atoms with Crippen LogP contribution in [0.4, 0.5) is 23.0 Å². The Morgan fingerprint density at radius 2 is 1.86 bits per heavy atom. The highest BCUT2D eigenvalue weighted by atomic mass is 16.5. The van der Waals surface area contributed by atoms with Crippen molar-refractivity contribution >= 4 is 28.9 Å². The van der Waals surface area contributed by atoms with Gasteiger partial charge in [0, 0.05) is 48.6 Å². The summed E-state index contributed by atoms with van der Waals surface area (Å²) in [6.07, 6.45) is 4.73. The van der Waals surface area contributed by atoms with Crippen LogP contribution in [0.1, 0.15) is 15.9 Å². The van der Waals surface area contributed by atoms with Crippen LogP contribution >= 0.6 is 0 Å². The number of nitriles is 1. The summed E-state index contributed by atoms with van der Waals surface area (Å²) in [6, 6.07) is 20.6. The van der Waals surface area contributed by atoms with Crippen molar-refractivity contribution in [3.8, 4) is 17.3 Å². The number of amides is 1. The summed E-state index contributed by atoms with van der Waals surface area (Å²) >= 11 is 0. The van der Waals surface area contributed by atoms with Crippen molar-refractivity contribution in [3.05, 3.63) is 90.4 Å². The normalized spacial score (nSPS) is 13.0. The quantitative estimate of drug-likeness (QED) is 0.424. The third kappa shape index (κ3) is 5.29. The predicted molar refractivity (Wildman–Crippen MR) is 137 cm³/mol. The Morgan fingerprint density at radius 1 is 1.03 bits per heavy atom. The van der Waals surface area contributed by atoms with Crippen molar-refractivity contribution in [2.24, 2.45) is 0 Å². The molecule has 2 aromatic heterocycles. The number of nitrogens with one attached hydrogen (secondary N) is 2. The summed E-state index contributed by atoms with van der Waals surface area (Å²) in [7, 11) is 0. The average Bonchev–Trinajstić information content (AvgIpc) is 2.95. The van der Waals surface area contributed by atoms with Gasteiger partial charge in [-0.3, -0.25) is 9.78 Å². The molecule has 9 heteroatoms. The number of carbonyl (C=O) groups excluding carboxylic acids is 1. The summed E-state index contributed by atoms with van der Waals surface area (Å²) in [5, 5.41) is 15.7. The highest BCUT2D eigenvalue weighted by Gasteiger charge is 2.13. The molecule has 0 unspecified atom stereocenters. The molecule has 3 heterocycles. The van der Waals surface area contributed by atoms with Crippen LogP contribution in [0.5, 0.6) is 0 Å². The highest BCUT2D eigenvalue weighted by Crippen LogP contribution is 2.26. The van der Waals surface area contributed by atoms with Crippen LogP contribution in [0.2, 0.25) is 0 Å². The van der Waals surface area contributed by atoms with Gasteiger partial charge in [-0.2, -0.15) is 5.26 Å². The van der Waals surface area contributed by atoms with Gasteiger partial charge in [0.05, 0.1) is 35.7 Å². The summed E-state index contributed by atoms with van der Waals surface area (Å²) in [6.45, 7) is 3.25. The fraction of sp³-hybridized carbons (Fsp3) is 0.148. The van der Waals surface area contributed by atoms with Crippen LogP contribution in [0, 0.1) is 11.3 Å². The Labute approximate surface area is 208 Å². The number of carbonyl (C=O) groups is 1. The van der Waals surface area contributed by atoms with Gasteiger partial charge in [0.1, 0.15) is 6.07 Å². The highest BCUT2D eigenvalue weighted by molar-refractivity contribution is 6.04. The molecule has 0 spiro atoms. The minimum atomic E-state index is -0.333. The molecule has 5 rings (SSSR count). The molecular formula is C27H23N7O2. The molecule has 1 aliphatic rings. The van der Waals surface area contributed by atoms with E-state index in [1.54, 1.807) is 42.7 Å². The van der Waals surface area contributed by atoms with E-state index in [2.05, 4.69) is 48.7 Å². The summed E-state index contributed by atoms with van der Waals surface area (Å²) in [5.74, 6) is 0.111. The summed E-state index contributed by atoms with van der Waals surface area (Å²) in [5.41, 5.74) is 4.57. The first kappa shape index (κ1) is 23.0. The monoisotopic (exact) mass is 477 g/mol. The topological polar surface area (TPSA) is 116 Å². The van der Waals surface area contributed by atoms with Gasteiger partial charge in [-0.05, 0) is 54.6 Å². The van der Waals surface area contributed by atoms with Gasteiger partial charge < -0.3 is 20.3 Å². The minimum Gasteiger partial charge on any atom is -0.378 e. The number of benzene rings is 2. The standard InChI is InChI=1S/C27H23N7O2/c28-17-21-16-19(3-8-24(21)32-26(35)20-2-1-10-29-18-20)25-9-11-30-27(33-25)31-22-4-6-23(7-5-22)34-12-14-36-15-13-34/h1-11,16,18H,12-15H2,(H,32,35)(H,30,31,33). The Balaban J connectivity index is 1.31. The van der Waals surface area contributed by atoms with E-state index < -0.39 is 0 Å². The fourth-order valence-corrected chi connectivity index (χ4v) is 3.88. The molecule has 178 valence electrons. The third-order valence-corrected chi connectivity index (χ3v) is 5.76. The average molecular weight is 478 g/mol. The molecule has 0 aliphatic carbocycles. The molecule has 1 fully saturated rings. The molecule has 0 atom stereocenters. The molecule has 2 aromatic carbocycles. The van der Waals surface area contributed by atoms with Crippen molar-refractivity contribution < 1.29 is 9.53 Å². The van der Waals surface area contributed by atoms with E-state index in [0.717, 1.165) is 43.2 Å². The lowest BCUT2D eigenvalue weighted by Gasteiger charge is -2.28. The second-order valence-electron chi connectivity index (χ2n) is 8.10. The molecule has 0 bridgehead atoms. The van der Waals surface area contributed by atoms with Crippen molar-refractivity contribution in [2.45, 2.75) is 0 Å². The first-order valence-electron chi connectivity index (χ1n) is 11.5. The van der Waals surface area contributed by atoms with E-state index in [1.807, 2.05) is 18.2 Å². The molecule has 0 saturated carbocycles. The fourth-order valence-electron chi connectivity index (χ4n) is 3.88. The molecule has 4 aromatic rings. The molecule has 1 saturated heterocycles. The van der Waals surface area contributed by atoms with Gasteiger partial charge in [-0.1, -0.05) is 6.07 Å². The number of anilines is 4. The lowest BCUT2D eigenvalue weighted by Crippen LogP contribution is -2.36. The van der Waals surface area contributed by atoms with Crippen LogP contribution in [0.3, 0.4) is 0 Å². The van der Waals surface area contributed by atoms with E-state index >= 15 is 0 Å². The molecular weight excluding hydrogens is 454 g/mol. The maximum atomic E-state index is 12.5. The number of hydrogen-bond donors (Lipinski definition) is 2. The summed E-state index contributed by atoms with van der Waals surface area (Å²) < 4.78 is 5.42. The van der Waals surface area contributed by atoms with Gasteiger partial charge in [-0.25, -0.2) is 9.97 Å². The number of pyridine rings is 1. The predicted octanol–water partition coefficient (Wildman–Crippen LogP) is 4.24. The lowest BCUT2D eigenvalue weighted by molar-refractivity contribution is 0.102. The van der Waals surface area contributed by atoms with Crippen molar-refractivity contribution in [2.75, 3.05) is 41.8 Å². The molecule has 1 amide bonds. The molecule has 36 heavy (non-hydrogen) atoms. The van der Waals surface area contributed by atoms with Crippen LogP contribution in [0.15, 0.2) is 79.3 Å². The number of nitrogens with zero attached hydrogens (tertiary/aromatic N) is 5. The second kappa shape index (κ2) is 10.6. The van der Waals surface area contributed by atoms with Gasteiger partial charge >= 0.3 is 0 Å². The maximum absolute atomic E-state index is 12.5. The van der Waals surface area contributed by atoms with Gasteiger partial charge in [0.15, 0.2) is 0 Å². The largest absolute Gasteiger partial charge is 0.378 e. The number of hydrogen-bond acceptors (Lipinski definition) is 8. The smallest absolute Gasteiger partial charge is 0.257 e. The Kier molecular flexibility index (Phi) is 6.78. The Hall–Kier alpha value is -4.81. The van der Waals surface area contributed by atoms with Crippen LogP contribution in [-0.2, 0) is 4.74 Å². The lowest BCUT2D eigenvalue weighted by atomic mass is 10.1. The van der Waals surface area contributed by atoms with Crippen molar-refractivity contribution in [1.29, 1.82) is 5.26 Å². The third-order valence-electron chi connectivity index (χ3n) is 5.76. The Morgan fingerprint density at radius 3 is 2.61 bits per heavy atom. The van der Waals surface area contributed by atoms with E-state index in [9.17, 15) is 10.1 Å². The number of rotatable bonds is 6. The molecule has 0 radical (unpaired) electrons. The number of ether oxygens (including phenoxy) is 1. The van der Waals surface area contributed by atoms with E-state index in [1.165, 1.54) is 6.20 Å². The SMILES string of the molecule is N#Cc1cc(-c2ccnc(Nc3ccc(N4CCOCC4)cc3)n2)ccc1NC(=O)c1cccnc1. The summed E-state index contributed by atoms with van der Waals surface area (Å²) in [4.78, 5) is 27.7. The molecule has 9 nitrogen and oxygen atoms in total. The molecule has 1 aliphatic heterocycles. The van der Waals surface area contributed by atoms with E-state index in [4.69, 9.17) is 4.74 Å². The first-order valence-corrected chi connectivity index (χ1v) is 11.5. The Bertz CT molecular complexity index is 1400. The zero-order valence-electron chi connectivity index (χ0n) is 19.4. The van der Waals surface area contributed by atoms with Crippen LogP contribution in [0.25, 0.3) is 11.3 Å².